The van der Waals surface area contributed by atoms with Crippen LogP contribution < -0.4 is 5.32 Å². The Kier molecular flexibility index (Phi) is 4.93. The van der Waals surface area contributed by atoms with Crippen molar-refractivity contribution in [1.82, 2.24) is 15.5 Å². The highest BCUT2D eigenvalue weighted by Crippen LogP contribution is 2.27. The minimum absolute atomic E-state index is 0.0128. The standard InChI is InChI=1S/C22H21N3O3/c1-14(10-11-17-9-6-12-27-17)23-21(26)18-13-19(16-7-4-3-5-8-16)24-22-20(18)15(2)25-28-22/h3-9,12-14H,10-11H2,1-2H3,(H,23,26). The summed E-state index contributed by atoms with van der Waals surface area (Å²) in [5.74, 6) is 0.747. The number of furan rings is 1. The fourth-order valence-corrected chi connectivity index (χ4v) is 3.22. The summed E-state index contributed by atoms with van der Waals surface area (Å²) in [6.07, 6.45) is 3.20. The molecule has 0 aliphatic heterocycles. The average molecular weight is 375 g/mol. The number of nitrogens with zero attached hydrogens (tertiary/aromatic N) is 2. The molecule has 0 bridgehead atoms. The molecule has 6 nitrogen and oxygen atoms in total. The van der Waals surface area contributed by atoms with Gasteiger partial charge in [-0.05, 0) is 38.5 Å². The molecular weight excluding hydrogens is 354 g/mol. The zero-order valence-electron chi connectivity index (χ0n) is 15.8. The minimum Gasteiger partial charge on any atom is -0.469 e. The van der Waals surface area contributed by atoms with E-state index in [1.807, 2.05) is 56.3 Å². The molecular formula is C22H21N3O3. The highest BCUT2D eigenvalue weighted by molar-refractivity contribution is 6.07. The van der Waals surface area contributed by atoms with Crippen molar-refractivity contribution >= 4 is 17.0 Å². The molecule has 4 rings (SSSR count). The minimum atomic E-state index is -0.164. The number of aromatic nitrogens is 2. The maximum atomic E-state index is 13.0. The number of carbonyl (C=O) groups excluding carboxylic acids is 1. The number of nitrogens with one attached hydrogen (secondary N) is 1. The van der Waals surface area contributed by atoms with E-state index in [9.17, 15) is 4.79 Å². The van der Waals surface area contributed by atoms with Gasteiger partial charge in [0, 0.05) is 18.0 Å². The van der Waals surface area contributed by atoms with E-state index in [1.54, 1.807) is 12.3 Å². The normalized spacial score (nSPS) is 12.2. The van der Waals surface area contributed by atoms with Crippen molar-refractivity contribution in [3.8, 4) is 11.3 Å². The molecule has 4 aromatic rings. The highest BCUT2D eigenvalue weighted by atomic mass is 16.5. The summed E-state index contributed by atoms with van der Waals surface area (Å²) in [5.41, 5.74) is 3.13. The third-order valence-corrected chi connectivity index (χ3v) is 4.71. The molecule has 1 unspecified atom stereocenters. The summed E-state index contributed by atoms with van der Waals surface area (Å²) in [6.45, 7) is 3.80. The van der Waals surface area contributed by atoms with Crippen LogP contribution in [-0.4, -0.2) is 22.1 Å². The average Bonchev–Trinajstić information content (AvgIpc) is 3.36. The van der Waals surface area contributed by atoms with Gasteiger partial charge in [0.25, 0.3) is 11.6 Å². The molecule has 1 amide bonds. The van der Waals surface area contributed by atoms with Crippen molar-refractivity contribution in [3.63, 3.8) is 0 Å². The van der Waals surface area contributed by atoms with Gasteiger partial charge in [0.05, 0.1) is 28.6 Å². The van der Waals surface area contributed by atoms with Crippen LogP contribution in [0.3, 0.4) is 0 Å². The fourth-order valence-electron chi connectivity index (χ4n) is 3.22. The lowest BCUT2D eigenvalue weighted by Gasteiger charge is -2.14. The molecule has 3 heterocycles. The van der Waals surface area contributed by atoms with Crippen molar-refractivity contribution in [1.29, 1.82) is 0 Å². The second-order valence-corrected chi connectivity index (χ2v) is 6.86. The predicted molar refractivity (Wildman–Crippen MR) is 106 cm³/mol. The zero-order chi connectivity index (χ0) is 19.5. The van der Waals surface area contributed by atoms with Crippen LogP contribution in [0.15, 0.2) is 63.7 Å². The molecule has 0 saturated heterocycles. The molecule has 0 radical (unpaired) electrons. The maximum absolute atomic E-state index is 13.0. The van der Waals surface area contributed by atoms with Crippen LogP contribution >= 0.6 is 0 Å². The van der Waals surface area contributed by atoms with Crippen LogP contribution in [0.2, 0.25) is 0 Å². The van der Waals surface area contributed by atoms with Crippen LogP contribution in [0.5, 0.6) is 0 Å². The van der Waals surface area contributed by atoms with Gasteiger partial charge in [0.1, 0.15) is 5.76 Å². The third-order valence-electron chi connectivity index (χ3n) is 4.71. The van der Waals surface area contributed by atoms with Gasteiger partial charge in [0.2, 0.25) is 0 Å². The van der Waals surface area contributed by atoms with E-state index in [2.05, 4.69) is 15.5 Å². The van der Waals surface area contributed by atoms with Crippen molar-refractivity contribution in [2.24, 2.45) is 0 Å². The Bertz CT molecular complexity index is 1090. The number of amides is 1. The molecule has 0 aliphatic rings. The summed E-state index contributed by atoms with van der Waals surface area (Å²) in [5, 5.41) is 7.71. The Balaban J connectivity index is 1.61. The van der Waals surface area contributed by atoms with Crippen LogP contribution in [-0.2, 0) is 6.42 Å². The number of carbonyl (C=O) groups is 1. The summed E-state index contributed by atoms with van der Waals surface area (Å²) in [4.78, 5) is 17.6. The Morgan fingerprint density at radius 2 is 2.00 bits per heavy atom. The summed E-state index contributed by atoms with van der Waals surface area (Å²) in [6, 6.07) is 15.3. The van der Waals surface area contributed by atoms with Gasteiger partial charge >= 0.3 is 0 Å². The highest BCUT2D eigenvalue weighted by Gasteiger charge is 2.20. The second kappa shape index (κ2) is 7.68. The van der Waals surface area contributed by atoms with E-state index in [0.29, 0.717) is 28.1 Å². The Labute approximate surface area is 162 Å². The monoisotopic (exact) mass is 375 g/mol. The molecule has 0 saturated carbocycles. The smallest absolute Gasteiger partial charge is 0.259 e. The first-order valence-electron chi connectivity index (χ1n) is 9.27. The number of hydrogen-bond acceptors (Lipinski definition) is 5. The third kappa shape index (κ3) is 3.67. The van der Waals surface area contributed by atoms with E-state index in [0.717, 1.165) is 24.2 Å². The molecule has 1 atom stereocenters. The lowest BCUT2D eigenvalue weighted by atomic mass is 10.0. The largest absolute Gasteiger partial charge is 0.469 e. The van der Waals surface area contributed by atoms with Gasteiger partial charge in [0.15, 0.2) is 0 Å². The van der Waals surface area contributed by atoms with Gasteiger partial charge < -0.3 is 14.3 Å². The first-order chi connectivity index (χ1) is 13.6. The quantitative estimate of drug-likeness (QED) is 0.535. The molecule has 1 aromatic carbocycles. The Morgan fingerprint density at radius 3 is 2.75 bits per heavy atom. The summed E-state index contributed by atoms with van der Waals surface area (Å²) >= 11 is 0. The predicted octanol–water partition coefficient (Wildman–Crippen LogP) is 4.54. The molecule has 1 N–H and O–H groups in total. The topological polar surface area (TPSA) is 81.2 Å². The van der Waals surface area contributed by atoms with Crippen molar-refractivity contribution in [2.75, 3.05) is 0 Å². The number of fused-ring (bicyclic) bond motifs is 1. The molecule has 6 heteroatoms. The van der Waals surface area contributed by atoms with Gasteiger partial charge in [-0.25, -0.2) is 4.98 Å². The second-order valence-electron chi connectivity index (χ2n) is 6.86. The van der Waals surface area contributed by atoms with Crippen LogP contribution in [0.25, 0.3) is 22.4 Å². The zero-order valence-corrected chi connectivity index (χ0v) is 15.8. The molecule has 3 aromatic heterocycles. The van der Waals surface area contributed by atoms with Gasteiger partial charge in [-0.2, -0.15) is 0 Å². The van der Waals surface area contributed by atoms with Gasteiger partial charge in [-0.1, -0.05) is 35.5 Å². The van der Waals surface area contributed by atoms with E-state index < -0.39 is 0 Å². The Morgan fingerprint density at radius 1 is 1.18 bits per heavy atom. The lowest BCUT2D eigenvalue weighted by molar-refractivity contribution is 0.0939. The van der Waals surface area contributed by atoms with Crippen LogP contribution in [0, 0.1) is 6.92 Å². The molecule has 28 heavy (non-hydrogen) atoms. The number of pyridine rings is 1. The fraction of sp³-hybridized carbons (Fsp3) is 0.227. The molecule has 142 valence electrons. The van der Waals surface area contributed by atoms with E-state index >= 15 is 0 Å². The summed E-state index contributed by atoms with van der Waals surface area (Å²) < 4.78 is 10.7. The van der Waals surface area contributed by atoms with E-state index in [4.69, 9.17) is 8.94 Å². The number of benzene rings is 1. The van der Waals surface area contributed by atoms with Gasteiger partial charge in [-0.15, -0.1) is 0 Å². The number of aryl methyl sites for hydroxylation is 2. The SMILES string of the molecule is Cc1noc2nc(-c3ccccc3)cc(C(=O)NC(C)CCc3ccco3)c12. The van der Waals surface area contributed by atoms with Crippen molar-refractivity contribution in [2.45, 2.75) is 32.7 Å². The Hall–Kier alpha value is -3.41. The first kappa shape index (κ1) is 18.0. The van der Waals surface area contributed by atoms with Gasteiger partial charge in [-0.3, -0.25) is 4.79 Å². The van der Waals surface area contributed by atoms with E-state index in [1.165, 1.54) is 0 Å². The molecule has 0 spiro atoms. The summed E-state index contributed by atoms with van der Waals surface area (Å²) in [7, 11) is 0. The van der Waals surface area contributed by atoms with Crippen LogP contribution in [0.1, 0.15) is 35.2 Å². The van der Waals surface area contributed by atoms with Crippen molar-refractivity contribution in [3.05, 3.63) is 71.8 Å². The molecule has 0 fully saturated rings. The number of hydrogen-bond donors (Lipinski definition) is 1. The van der Waals surface area contributed by atoms with E-state index in [-0.39, 0.29) is 11.9 Å². The maximum Gasteiger partial charge on any atom is 0.259 e. The molecule has 0 aliphatic carbocycles. The van der Waals surface area contributed by atoms with Crippen LogP contribution in [0.4, 0.5) is 0 Å². The number of rotatable bonds is 6. The lowest BCUT2D eigenvalue weighted by Crippen LogP contribution is -2.33. The van der Waals surface area contributed by atoms with Crippen molar-refractivity contribution < 1.29 is 13.7 Å². The first-order valence-corrected chi connectivity index (χ1v) is 9.27.